The maximum Gasteiger partial charge on any atom is 0.268 e. The molecule has 1 aromatic heterocycles. The van der Waals surface area contributed by atoms with Crippen LogP contribution in [0.2, 0.25) is 0 Å². The van der Waals surface area contributed by atoms with Crippen LogP contribution >= 0.6 is 15.9 Å². The van der Waals surface area contributed by atoms with Gasteiger partial charge in [0, 0.05) is 22.1 Å². The molecule has 0 unspecified atom stereocenters. The Morgan fingerprint density at radius 1 is 0.966 bits per heavy atom. The summed E-state index contributed by atoms with van der Waals surface area (Å²) in [5.74, 6) is 0. The molecule has 1 saturated heterocycles. The van der Waals surface area contributed by atoms with Crippen molar-refractivity contribution in [1.82, 2.24) is 14.0 Å². The number of hydrogen-bond acceptors (Lipinski definition) is 5. The van der Waals surface area contributed by atoms with Gasteiger partial charge in [-0.05, 0) is 50.2 Å². The molecule has 0 amide bonds. The highest BCUT2D eigenvalue weighted by molar-refractivity contribution is 9.10. The van der Waals surface area contributed by atoms with Crippen molar-refractivity contribution in [3.63, 3.8) is 0 Å². The quantitative estimate of drug-likeness (QED) is 0.564. The van der Waals surface area contributed by atoms with Crippen molar-refractivity contribution in [3.8, 4) is 0 Å². The Balaban J connectivity index is 1.88. The number of fused-ring (bicyclic) bond motifs is 1. The number of aromatic nitrogens is 1. The molecule has 29 heavy (non-hydrogen) atoms. The summed E-state index contributed by atoms with van der Waals surface area (Å²) < 4.78 is 57.1. The van der Waals surface area contributed by atoms with E-state index in [1.807, 2.05) is 0 Å². The molecule has 3 aromatic rings. The molecule has 0 bridgehead atoms. The van der Waals surface area contributed by atoms with Crippen molar-refractivity contribution in [2.75, 3.05) is 13.1 Å². The van der Waals surface area contributed by atoms with Crippen molar-refractivity contribution in [2.24, 2.45) is 0 Å². The van der Waals surface area contributed by atoms with Gasteiger partial charge < -0.3 is 5.32 Å². The van der Waals surface area contributed by atoms with Crippen LogP contribution in [0, 0.1) is 0 Å². The molecular weight excluding hydrogens is 478 g/mol. The third-order valence-corrected chi connectivity index (χ3v) is 8.84. The first-order chi connectivity index (χ1) is 13.8. The molecule has 2 aromatic carbocycles. The van der Waals surface area contributed by atoms with Gasteiger partial charge in [0.2, 0.25) is 10.0 Å². The van der Waals surface area contributed by atoms with Crippen LogP contribution in [0.3, 0.4) is 0 Å². The molecule has 2 N–H and O–H groups in total. The van der Waals surface area contributed by atoms with Gasteiger partial charge in [-0.1, -0.05) is 40.2 Å². The zero-order valence-electron chi connectivity index (χ0n) is 15.4. The van der Waals surface area contributed by atoms with Crippen LogP contribution in [0.5, 0.6) is 0 Å². The molecule has 0 atom stereocenters. The zero-order valence-corrected chi connectivity index (χ0v) is 18.6. The van der Waals surface area contributed by atoms with Gasteiger partial charge >= 0.3 is 0 Å². The van der Waals surface area contributed by atoms with Crippen molar-refractivity contribution in [2.45, 2.75) is 28.7 Å². The van der Waals surface area contributed by atoms with Gasteiger partial charge in [0.1, 0.15) is 4.90 Å². The minimum absolute atomic E-state index is 0.0574. The van der Waals surface area contributed by atoms with E-state index < -0.39 is 20.0 Å². The number of sulfonamides is 1. The topological polar surface area (TPSA) is 97.3 Å². The highest BCUT2D eigenvalue weighted by Crippen LogP contribution is 2.34. The minimum atomic E-state index is -3.96. The highest BCUT2D eigenvalue weighted by atomic mass is 79.9. The Bertz CT molecular complexity index is 1250. The van der Waals surface area contributed by atoms with Gasteiger partial charge in [0.25, 0.3) is 10.0 Å². The molecule has 154 valence electrons. The zero-order chi connectivity index (χ0) is 20.6. The van der Waals surface area contributed by atoms with Crippen LogP contribution in [0.25, 0.3) is 10.9 Å². The lowest BCUT2D eigenvalue weighted by Gasteiger charge is -2.23. The summed E-state index contributed by atoms with van der Waals surface area (Å²) in [6.07, 6.45) is 2.56. The van der Waals surface area contributed by atoms with E-state index in [9.17, 15) is 16.8 Å². The summed E-state index contributed by atoms with van der Waals surface area (Å²) in [4.78, 5) is 0.0325. The van der Waals surface area contributed by atoms with Crippen molar-refractivity contribution in [1.29, 1.82) is 0 Å². The summed E-state index contributed by atoms with van der Waals surface area (Å²) in [5, 5.41) is 3.54. The number of nitrogens with one attached hydrogen (secondary N) is 2. The lowest BCUT2D eigenvalue weighted by atomic mass is 10.1. The van der Waals surface area contributed by atoms with Gasteiger partial charge in [0.15, 0.2) is 0 Å². The number of hydrogen-bond donors (Lipinski definition) is 2. The van der Waals surface area contributed by atoms with Crippen LogP contribution in [-0.4, -0.2) is 39.9 Å². The molecule has 0 spiro atoms. The molecule has 0 radical (unpaired) electrons. The third-order valence-electron chi connectivity index (χ3n) is 4.96. The second kappa shape index (κ2) is 7.84. The van der Waals surface area contributed by atoms with Crippen LogP contribution < -0.4 is 10.0 Å². The van der Waals surface area contributed by atoms with Crippen LogP contribution in [-0.2, 0) is 20.0 Å². The average Bonchev–Trinajstić information content (AvgIpc) is 3.12. The van der Waals surface area contributed by atoms with E-state index in [1.54, 1.807) is 36.4 Å². The lowest BCUT2D eigenvalue weighted by molar-refractivity contribution is 0.427. The number of halogens is 1. The van der Waals surface area contributed by atoms with Gasteiger partial charge in [-0.2, -0.15) is 0 Å². The standard InChI is InChI=1S/C19H20BrN3O4S2/c20-16-7-4-8-17-19(16)18(28(24,25)22-14-9-11-21-12-10-14)13-23(17)29(26,27)15-5-2-1-3-6-15/h1-8,13-14,21-22H,9-12H2. The Morgan fingerprint density at radius 3 is 2.34 bits per heavy atom. The van der Waals surface area contributed by atoms with E-state index in [1.165, 1.54) is 18.3 Å². The first kappa shape index (κ1) is 20.5. The molecule has 4 rings (SSSR count). The van der Waals surface area contributed by atoms with Crippen LogP contribution in [0.1, 0.15) is 12.8 Å². The predicted molar refractivity (Wildman–Crippen MR) is 115 cm³/mol. The molecule has 7 nitrogen and oxygen atoms in total. The first-order valence-corrected chi connectivity index (χ1v) is 12.9. The van der Waals surface area contributed by atoms with E-state index in [0.29, 0.717) is 28.2 Å². The second-order valence-electron chi connectivity index (χ2n) is 6.89. The van der Waals surface area contributed by atoms with E-state index in [2.05, 4.69) is 26.0 Å². The van der Waals surface area contributed by atoms with Crippen molar-refractivity contribution in [3.05, 3.63) is 59.2 Å². The fraction of sp³-hybridized carbons (Fsp3) is 0.263. The number of rotatable bonds is 5. The van der Waals surface area contributed by atoms with E-state index in [0.717, 1.165) is 17.1 Å². The number of benzene rings is 2. The fourth-order valence-corrected chi connectivity index (χ4v) is 7.19. The predicted octanol–water partition coefficient (Wildman–Crippen LogP) is 2.67. The third kappa shape index (κ3) is 3.87. The SMILES string of the molecule is O=S(=O)(NC1CCNCC1)c1cn(S(=O)(=O)c2ccccc2)c2cccc(Br)c12. The maximum atomic E-state index is 13.2. The Labute approximate surface area is 178 Å². The molecule has 10 heteroatoms. The smallest absolute Gasteiger partial charge is 0.268 e. The fourth-order valence-electron chi connectivity index (χ4n) is 3.51. The number of nitrogens with zero attached hydrogens (tertiary/aromatic N) is 1. The molecule has 1 aliphatic heterocycles. The van der Waals surface area contributed by atoms with Gasteiger partial charge in [-0.15, -0.1) is 0 Å². The van der Waals surface area contributed by atoms with E-state index in [4.69, 9.17) is 0 Å². The monoisotopic (exact) mass is 497 g/mol. The molecule has 1 aliphatic rings. The van der Waals surface area contributed by atoms with Gasteiger partial charge in [0.05, 0.1) is 10.4 Å². The van der Waals surface area contributed by atoms with E-state index >= 15 is 0 Å². The molecule has 2 heterocycles. The summed E-state index contributed by atoms with van der Waals surface area (Å²) in [5.41, 5.74) is 0.300. The summed E-state index contributed by atoms with van der Waals surface area (Å²) in [7, 11) is -7.88. The summed E-state index contributed by atoms with van der Waals surface area (Å²) in [6.45, 7) is 1.47. The molecule has 0 aliphatic carbocycles. The Kier molecular flexibility index (Phi) is 5.56. The maximum absolute atomic E-state index is 13.2. The highest BCUT2D eigenvalue weighted by Gasteiger charge is 2.29. The second-order valence-corrected chi connectivity index (χ2v) is 11.2. The van der Waals surface area contributed by atoms with Gasteiger partial charge in [-0.3, -0.25) is 0 Å². The molecule has 1 fully saturated rings. The number of piperidine rings is 1. The largest absolute Gasteiger partial charge is 0.317 e. The molecular formula is C19H20BrN3O4S2. The van der Waals surface area contributed by atoms with Crippen LogP contribution in [0.15, 0.2) is 69.0 Å². The minimum Gasteiger partial charge on any atom is -0.317 e. The van der Waals surface area contributed by atoms with Crippen molar-refractivity contribution >= 4 is 46.9 Å². The lowest BCUT2D eigenvalue weighted by Crippen LogP contribution is -2.42. The Morgan fingerprint density at radius 2 is 1.66 bits per heavy atom. The Hall–Kier alpha value is -1.72. The average molecular weight is 498 g/mol. The van der Waals surface area contributed by atoms with Gasteiger partial charge in [-0.25, -0.2) is 25.5 Å². The normalized spacial score (nSPS) is 16.3. The molecule has 0 saturated carbocycles. The first-order valence-electron chi connectivity index (χ1n) is 9.14. The van der Waals surface area contributed by atoms with E-state index in [-0.39, 0.29) is 15.8 Å². The van der Waals surface area contributed by atoms with Crippen LogP contribution in [0.4, 0.5) is 0 Å². The summed E-state index contributed by atoms with van der Waals surface area (Å²) >= 11 is 3.39. The van der Waals surface area contributed by atoms with Crippen molar-refractivity contribution < 1.29 is 16.8 Å². The summed E-state index contributed by atoms with van der Waals surface area (Å²) in [6, 6.07) is 12.8.